The number of halogens is 3. The predicted octanol–water partition coefficient (Wildman–Crippen LogP) is 18.3. The summed E-state index contributed by atoms with van der Waals surface area (Å²) in [5.74, 6) is 1.35. The number of phenols is 3. The molecule has 7 heterocycles. The molecule has 28 heteroatoms. The molecule has 120 heavy (non-hydrogen) atoms. The highest BCUT2D eigenvalue weighted by atomic mass is 19.1. The SMILES string of the molecule is CCc1cc(Nc2ccc(-c3cccc(O)c3)cc2)ccc1/C=N/Nc1ncc(F)c(N2CCOC(C(C)C)C2)n1.CCc1cc(Nc2ccc(-c3cccc(O)c3)cc2)ccc1/C=N/Nc1ncc(F)c(N2CCOCC2C(C)C)n1.Cc1nc(/C=N/Nc2ncc(F)c(N3CCOCC3C)n2)ccc1Nc1ccc(-c2cccc(O)c2)cc1. The second-order valence-corrected chi connectivity index (χ2v) is 29.7. The molecule has 3 saturated heterocycles. The Bertz CT molecular complexity index is 5530. The Hall–Kier alpha value is -13.6. The number of rotatable bonds is 25. The lowest BCUT2D eigenvalue weighted by atomic mass is 10.0. The molecule has 618 valence electrons. The summed E-state index contributed by atoms with van der Waals surface area (Å²) in [6.07, 6.45) is 10.2. The van der Waals surface area contributed by atoms with E-state index in [1.165, 1.54) is 12.4 Å². The third kappa shape index (κ3) is 22.6. The van der Waals surface area contributed by atoms with Gasteiger partial charge in [-0.2, -0.15) is 30.3 Å². The van der Waals surface area contributed by atoms with Gasteiger partial charge in [-0.1, -0.05) is 126 Å². The minimum Gasteiger partial charge on any atom is -0.508 e. The average Bonchev–Trinajstić information content (AvgIpc) is 0.825. The topological polar surface area (TPSA) is 298 Å². The summed E-state index contributed by atoms with van der Waals surface area (Å²) in [5, 5.41) is 52.4. The Morgan fingerprint density at radius 1 is 0.458 bits per heavy atom. The molecule has 0 bridgehead atoms. The van der Waals surface area contributed by atoms with E-state index in [0.29, 0.717) is 70.8 Å². The summed E-state index contributed by atoms with van der Waals surface area (Å²) in [6, 6.07) is 61.7. The Morgan fingerprint density at radius 3 is 1.34 bits per heavy atom. The molecular formula is C92H98F3N19O6. The predicted molar refractivity (Wildman–Crippen MR) is 472 cm³/mol. The van der Waals surface area contributed by atoms with E-state index in [2.05, 4.69) is 136 Å². The van der Waals surface area contributed by atoms with Gasteiger partial charge in [0, 0.05) is 54.6 Å². The number of anilines is 12. The molecule has 0 aliphatic carbocycles. The number of hydrogen-bond acceptors (Lipinski definition) is 25. The number of hydrogen-bond donors (Lipinski definition) is 9. The number of aromatic hydroxyl groups is 3. The van der Waals surface area contributed by atoms with E-state index in [1.807, 2.05) is 174 Å². The van der Waals surface area contributed by atoms with Gasteiger partial charge in [-0.3, -0.25) is 0 Å². The number of hydrazone groups is 3. The molecule has 3 aliphatic rings. The zero-order chi connectivity index (χ0) is 84.0. The molecule has 9 N–H and O–H groups in total. The molecule has 25 nitrogen and oxygen atoms in total. The standard InChI is InChI=1S/2C32H35FN6O2.C28H28FN7O2/c1-4-22-16-27(36-26-11-8-23(9-12-26)24-6-5-7-28(40)17-24)13-10-25(22)18-35-38-32-34-19-29(33)31(37-32)39-14-15-41-20-30(39)21(2)3;1-4-22-16-27(36-26-11-8-23(9-12-26)24-6-5-7-28(40)17-24)13-10-25(22)18-35-38-32-34-19-29(33)31(37-32)39-14-15-41-30(20-39)21(2)3;1-18-17-38-13-12-36(18)27-25(29)16-30-28(34-27)35-31-15-23-10-11-26(19(2)32-23)33-22-8-6-20(7-9-22)21-4-3-5-24(37)14-21/h2*5-13,16-19,21,30,36,40H,4,14-15,20H2,1-3H3,(H,34,37,38);3-11,14-16,18,33,37H,12-13,17H2,1-2H3,(H,30,34,35)/b2*35-18+;31-15+. The van der Waals surface area contributed by atoms with Crippen molar-refractivity contribution in [2.24, 2.45) is 27.1 Å². The van der Waals surface area contributed by atoms with Crippen LogP contribution in [0.15, 0.2) is 228 Å². The maximum absolute atomic E-state index is 14.7. The molecule has 0 spiro atoms. The largest absolute Gasteiger partial charge is 0.508 e. The summed E-state index contributed by atoms with van der Waals surface area (Å²) >= 11 is 0. The van der Waals surface area contributed by atoms with Crippen LogP contribution < -0.4 is 46.9 Å². The van der Waals surface area contributed by atoms with Crippen molar-refractivity contribution in [3.05, 3.63) is 264 Å². The second-order valence-electron chi connectivity index (χ2n) is 29.7. The Kier molecular flexibility index (Phi) is 28.5. The Labute approximate surface area is 696 Å². The molecule has 12 aromatic rings. The summed E-state index contributed by atoms with van der Waals surface area (Å²) in [6.45, 7) is 21.4. The number of nitrogens with zero attached hydrogens (tertiary/aromatic N) is 13. The number of aryl methyl sites for hydroxylation is 3. The van der Waals surface area contributed by atoms with Gasteiger partial charge in [-0.25, -0.2) is 49.4 Å². The fraction of sp³-hybridized carbons (Fsp3) is 0.261. The van der Waals surface area contributed by atoms with Crippen LogP contribution in [0.3, 0.4) is 0 Å². The van der Waals surface area contributed by atoms with Crippen LogP contribution >= 0.6 is 0 Å². The zero-order valence-corrected chi connectivity index (χ0v) is 68.1. The first-order chi connectivity index (χ1) is 58.3. The Balaban J connectivity index is 0.000000156. The van der Waals surface area contributed by atoms with Crippen molar-refractivity contribution in [3.8, 4) is 50.6 Å². The van der Waals surface area contributed by atoms with E-state index in [-0.39, 0.29) is 76.7 Å². The number of ether oxygens (including phenoxy) is 3. The smallest absolute Gasteiger partial charge is 0.245 e. The lowest BCUT2D eigenvalue weighted by Crippen LogP contribution is -2.49. The molecule has 8 aromatic carbocycles. The minimum absolute atomic E-state index is 0.0140. The van der Waals surface area contributed by atoms with Crippen molar-refractivity contribution >= 4 is 88.1 Å². The van der Waals surface area contributed by atoms with Crippen LogP contribution in [0.25, 0.3) is 33.4 Å². The van der Waals surface area contributed by atoms with E-state index >= 15 is 0 Å². The number of nitrogens with one attached hydrogen (secondary N) is 6. The highest BCUT2D eigenvalue weighted by Gasteiger charge is 2.31. The van der Waals surface area contributed by atoms with Crippen LogP contribution in [0.1, 0.15) is 82.1 Å². The highest BCUT2D eigenvalue weighted by Crippen LogP contribution is 2.33. The molecule has 0 saturated carbocycles. The molecule has 3 atom stereocenters. The number of benzene rings is 8. The van der Waals surface area contributed by atoms with Gasteiger partial charge in [0.05, 0.1) is 106 Å². The molecule has 15 rings (SSSR count). The molecule has 3 fully saturated rings. The molecule has 0 radical (unpaired) electrons. The fourth-order valence-corrected chi connectivity index (χ4v) is 13.9. The number of morpholine rings is 3. The maximum atomic E-state index is 14.7. The quantitative estimate of drug-likeness (QED) is 0.0190. The highest BCUT2D eigenvalue weighted by molar-refractivity contribution is 5.85. The Morgan fingerprint density at radius 2 is 0.892 bits per heavy atom. The third-order valence-corrected chi connectivity index (χ3v) is 20.5. The van der Waals surface area contributed by atoms with Crippen LogP contribution in [0.4, 0.5) is 82.6 Å². The van der Waals surface area contributed by atoms with Gasteiger partial charge in [0.15, 0.2) is 34.9 Å². The molecular weight excluding hydrogens is 1520 g/mol. The van der Waals surface area contributed by atoms with Crippen LogP contribution in [-0.2, 0) is 27.1 Å². The van der Waals surface area contributed by atoms with Gasteiger partial charge in [-0.15, -0.1) is 0 Å². The lowest BCUT2D eigenvalue weighted by molar-refractivity contribution is 0.0110. The van der Waals surface area contributed by atoms with E-state index < -0.39 is 17.5 Å². The van der Waals surface area contributed by atoms with E-state index in [9.17, 15) is 28.5 Å². The fourth-order valence-electron chi connectivity index (χ4n) is 13.9. The van der Waals surface area contributed by atoms with Crippen molar-refractivity contribution in [3.63, 3.8) is 0 Å². The van der Waals surface area contributed by atoms with Gasteiger partial charge in [-0.05, 0) is 203 Å². The van der Waals surface area contributed by atoms with Gasteiger partial charge < -0.3 is 60.2 Å². The van der Waals surface area contributed by atoms with E-state index in [1.54, 1.807) is 55.0 Å². The van der Waals surface area contributed by atoms with E-state index in [0.717, 1.165) is 114 Å². The number of pyridine rings is 1. The normalized spacial score (nSPS) is 15.5. The van der Waals surface area contributed by atoms with Crippen molar-refractivity contribution in [1.82, 2.24) is 34.9 Å². The molecule has 3 unspecified atom stereocenters. The summed E-state index contributed by atoms with van der Waals surface area (Å²) in [7, 11) is 0. The summed E-state index contributed by atoms with van der Waals surface area (Å²) in [5.41, 5.74) is 25.7. The number of aromatic nitrogens is 7. The number of phenolic OH excluding ortho intramolecular Hbond substituents is 3. The molecule has 4 aromatic heterocycles. The first-order valence-electron chi connectivity index (χ1n) is 40.0. The van der Waals surface area contributed by atoms with Crippen molar-refractivity contribution in [1.29, 1.82) is 0 Å². The van der Waals surface area contributed by atoms with Crippen LogP contribution in [0, 0.1) is 36.2 Å². The summed E-state index contributed by atoms with van der Waals surface area (Å²) in [4.78, 5) is 35.6. The van der Waals surface area contributed by atoms with Crippen molar-refractivity contribution in [2.45, 2.75) is 86.4 Å². The zero-order valence-electron chi connectivity index (χ0n) is 68.1. The maximum Gasteiger partial charge on any atom is 0.245 e. The molecule has 0 amide bonds. The first-order valence-corrected chi connectivity index (χ1v) is 40.0. The monoisotopic (exact) mass is 1620 g/mol. The first kappa shape index (κ1) is 84.3. The van der Waals surface area contributed by atoms with Gasteiger partial charge in [0.25, 0.3) is 0 Å². The van der Waals surface area contributed by atoms with Crippen LogP contribution in [0.2, 0.25) is 0 Å². The average molecular weight is 1620 g/mol. The second kappa shape index (κ2) is 40.5. The van der Waals surface area contributed by atoms with Crippen LogP contribution in [0.5, 0.6) is 17.2 Å². The van der Waals surface area contributed by atoms with Crippen molar-refractivity contribution in [2.75, 3.05) is 106 Å². The van der Waals surface area contributed by atoms with E-state index in [4.69, 9.17) is 14.2 Å². The lowest BCUT2D eigenvalue weighted by Gasteiger charge is -2.38. The van der Waals surface area contributed by atoms with Crippen molar-refractivity contribution < 1.29 is 42.7 Å². The summed E-state index contributed by atoms with van der Waals surface area (Å²) < 4.78 is 60.5. The van der Waals surface area contributed by atoms with Crippen LogP contribution in [-0.4, -0.2) is 146 Å². The third-order valence-electron chi connectivity index (χ3n) is 20.5. The minimum atomic E-state index is -0.484. The van der Waals surface area contributed by atoms with Gasteiger partial charge in [0.1, 0.15) is 17.2 Å². The van der Waals surface area contributed by atoms with Gasteiger partial charge in [0.2, 0.25) is 17.8 Å². The molecule has 3 aliphatic heterocycles. The van der Waals surface area contributed by atoms with Gasteiger partial charge >= 0.3 is 0 Å².